The van der Waals surface area contributed by atoms with E-state index in [1.54, 1.807) is 0 Å². The van der Waals surface area contributed by atoms with Gasteiger partial charge in [-0.2, -0.15) is 0 Å². The number of piperazine rings is 1. The van der Waals surface area contributed by atoms with Gasteiger partial charge in [0.1, 0.15) is 0 Å². The highest BCUT2D eigenvalue weighted by Gasteiger charge is 2.14. The molecule has 1 saturated heterocycles. The Morgan fingerprint density at radius 1 is 0.933 bits per heavy atom. The second-order valence-electron chi connectivity index (χ2n) is 3.76. The van der Waals surface area contributed by atoms with Crippen molar-refractivity contribution in [1.29, 1.82) is 0 Å². The minimum Gasteiger partial charge on any atom is -0.395 e. The van der Waals surface area contributed by atoms with Crippen molar-refractivity contribution in [1.82, 2.24) is 9.80 Å². The average molecular weight is 216 g/mol. The second-order valence-corrected chi connectivity index (χ2v) is 3.76. The zero-order valence-electron chi connectivity index (χ0n) is 10.7. The maximum absolute atomic E-state index is 8.77. The summed E-state index contributed by atoms with van der Waals surface area (Å²) in [5.74, 6) is 0. The van der Waals surface area contributed by atoms with Gasteiger partial charge in [0.05, 0.1) is 6.61 Å². The number of hydrogen-bond acceptors (Lipinski definition) is 3. The van der Waals surface area contributed by atoms with Crippen LogP contribution in [0.15, 0.2) is 0 Å². The average Bonchev–Trinajstić information content (AvgIpc) is 2.31. The maximum Gasteiger partial charge on any atom is 0.0558 e. The third kappa shape index (κ3) is 6.88. The molecule has 0 aromatic carbocycles. The molecule has 0 bridgehead atoms. The predicted molar refractivity (Wildman–Crippen MR) is 66.2 cm³/mol. The summed E-state index contributed by atoms with van der Waals surface area (Å²) in [4.78, 5) is 4.86. The van der Waals surface area contributed by atoms with Gasteiger partial charge in [-0.25, -0.2) is 0 Å². The van der Waals surface area contributed by atoms with Crippen LogP contribution in [0.2, 0.25) is 0 Å². The molecule has 0 aromatic heterocycles. The minimum atomic E-state index is 0.301. The molecule has 0 radical (unpaired) electrons. The van der Waals surface area contributed by atoms with Crippen molar-refractivity contribution in [3.05, 3.63) is 0 Å². The summed E-state index contributed by atoms with van der Waals surface area (Å²) in [6.07, 6.45) is 2.61. The lowest BCUT2D eigenvalue weighted by atomic mass is 10.2. The number of unbranched alkanes of at least 4 members (excludes halogenated alkanes) is 1. The van der Waals surface area contributed by atoms with Crippen LogP contribution in [0.1, 0.15) is 33.6 Å². The molecule has 0 unspecified atom stereocenters. The van der Waals surface area contributed by atoms with Crippen LogP contribution in [0, 0.1) is 0 Å². The van der Waals surface area contributed by atoms with Crippen molar-refractivity contribution < 1.29 is 5.11 Å². The highest BCUT2D eigenvalue weighted by atomic mass is 16.3. The van der Waals surface area contributed by atoms with E-state index in [-0.39, 0.29) is 0 Å². The Kier molecular flexibility index (Phi) is 10.3. The Morgan fingerprint density at radius 2 is 1.40 bits per heavy atom. The first-order valence-corrected chi connectivity index (χ1v) is 6.42. The molecule has 0 aliphatic carbocycles. The molecule has 1 aliphatic rings. The van der Waals surface area contributed by atoms with Gasteiger partial charge in [0.25, 0.3) is 0 Å². The third-order valence-corrected chi connectivity index (χ3v) is 2.71. The van der Waals surface area contributed by atoms with Gasteiger partial charge in [-0.05, 0) is 13.0 Å². The van der Waals surface area contributed by atoms with Crippen LogP contribution >= 0.6 is 0 Å². The third-order valence-electron chi connectivity index (χ3n) is 2.71. The van der Waals surface area contributed by atoms with Gasteiger partial charge >= 0.3 is 0 Å². The molecule has 1 fully saturated rings. The second kappa shape index (κ2) is 10.4. The summed E-state index contributed by atoms with van der Waals surface area (Å²) < 4.78 is 0. The number of nitrogens with zero attached hydrogens (tertiary/aromatic N) is 2. The Hall–Kier alpha value is -0.120. The van der Waals surface area contributed by atoms with E-state index in [0.29, 0.717) is 6.61 Å². The van der Waals surface area contributed by atoms with Gasteiger partial charge < -0.3 is 10.0 Å². The highest BCUT2D eigenvalue weighted by molar-refractivity contribution is 4.71. The zero-order chi connectivity index (χ0) is 11.5. The van der Waals surface area contributed by atoms with Crippen molar-refractivity contribution in [2.45, 2.75) is 33.6 Å². The van der Waals surface area contributed by atoms with Crippen LogP contribution in [-0.4, -0.2) is 60.8 Å². The van der Waals surface area contributed by atoms with Crippen LogP contribution in [0.3, 0.4) is 0 Å². The molecule has 92 valence electrons. The Labute approximate surface area is 95.1 Å². The molecule has 0 atom stereocenters. The Morgan fingerprint density at radius 3 is 1.80 bits per heavy atom. The van der Waals surface area contributed by atoms with Gasteiger partial charge in [-0.1, -0.05) is 27.2 Å². The molecule has 3 nitrogen and oxygen atoms in total. The lowest BCUT2D eigenvalue weighted by Crippen LogP contribution is -2.47. The molecule has 1 rings (SSSR count). The van der Waals surface area contributed by atoms with E-state index in [1.165, 1.54) is 32.5 Å². The summed E-state index contributed by atoms with van der Waals surface area (Å²) in [6, 6.07) is 0. The van der Waals surface area contributed by atoms with Crippen LogP contribution in [-0.2, 0) is 0 Å². The molecule has 0 aromatic rings. The number of aliphatic hydroxyl groups is 1. The van der Waals surface area contributed by atoms with E-state index in [1.807, 2.05) is 13.8 Å². The molecule has 1 aliphatic heterocycles. The van der Waals surface area contributed by atoms with Gasteiger partial charge in [0, 0.05) is 32.7 Å². The first-order chi connectivity index (χ1) is 7.36. The first kappa shape index (κ1) is 14.9. The van der Waals surface area contributed by atoms with E-state index < -0.39 is 0 Å². The van der Waals surface area contributed by atoms with Crippen LogP contribution < -0.4 is 0 Å². The fourth-order valence-corrected chi connectivity index (χ4v) is 1.76. The summed E-state index contributed by atoms with van der Waals surface area (Å²) >= 11 is 0. The van der Waals surface area contributed by atoms with Crippen molar-refractivity contribution in [2.75, 3.05) is 45.9 Å². The molecule has 0 spiro atoms. The van der Waals surface area contributed by atoms with E-state index >= 15 is 0 Å². The normalized spacial score (nSPS) is 18.4. The number of aliphatic hydroxyl groups excluding tert-OH is 1. The lowest BCUT2D eigenvalue weighted by molar-refractivity contribution is 0.112. The summed E-state index contributed by atoms with van der Waals surface area (Å²) in [7, 11) is 0. The first-order valence-electron chi connectivity index (χ1n) is 6.42. The molecule has 0 amide bonds. The molecule has 15 heavy (non-hydrogen) atoms. The van der Waals surface area contributed by atoms with Gasteiger partial charge in [0.15, 0.2) is 0 Å². The SMILES string of the molecule is CC.CCCCN1CCN(CCO)CC1. The van der Waals surface area contributed by atoms with E-state index in [9.17, 15) is 0 Å². The molecule has 1 N–H and O–H groups in total. The smallest absolute Gasteiger partial charge is 0.0558 e. The van der Waals surface area contributed by atoms with Crippen LogP contribution in [0.4, 0.5) is 0 Å². The van der Waals surface area contributed by atoms with Crippen molar-refractivity contribution >= 4 is 0 Å². The summed E-state index contributed by atoms with van der Waals surface area (Å²) in [5, 5.41) is 8.77. The largest absolute Gasteiger partial charge is 0.395 e. The van der Waals surface area contributed by atoms with Crippen molar-refractivity contribution in [3.8, 4) is 0 Å². The zero-order valence-corrected chi connectivity index (χ0v) is 10.7. The van der Waals surface area contributed by atoms with E-state index in [0.717, 1.165) is 19.6 Å². The van der Waals surface area contributed by atoms with Crippen molar-refractivity contribution in [2.24, 2.45) is 0 Å². The Balaban J connectivity index is 0.000000921. The summed E-state index contributed by atoms with van der Waals surface area (Å²) in [5.41, 5.74) is 0. The number of hydrogen-bond donors (Lipinski definition) is 1. The maximum atomic E-state index is 8.77. The molecule has 3 heteroatoms. The molecular weight excluding hydrogens is 188 g/mol. The molecule has 0 saturated carbocycles. The fraction of sp³-hybridized carbons (Fsp3) is 1.00. The van der Waals surface area contributed by atoms with E-state index in [4.69, 9.17) is 5.11 Å². The summed E-state index contributed by atoms with van der Waals surface area (Å²) in [6.45, 7) is 13.3. The fourth-order valence-electron chi connectivity index (χ4n) is 1.76. The molecular formula is C12H28N2O. The monoisotopic (exact) mass is 216 g/mol. The number of rotatable bonds is 5. The standard InChI is InChI=1S/C10H22N2O.C2H6/c1-2-3-4-11-5-7-12(8-6-11)9-10-13;1-2/h13H,2-10H2,1H3;1-2H3. The van der Waals surface area contributed by atoms with Gasteiger partial charge in [-0.15, -0.1) is 0 Å². The van der Waals surface area contributed by atoms with E-state index in [2.05, 4.69) is 16.7 Å². The van der Waals surface area contributed by atoms with Gasteiger partial charge in [0.2, 0.25) is 0 Å². The van der Waals surface area contributed by atoms with Gasteiger partial charge in [-0.3, -0.25) is 4.90 Å². The quantitative estimate of drug-likeness (QED) is 0.753. The highest BCUT2D eigenvalue weighted by Crippen LogP contribution is 2.02. The predicted octanol–water partition coefficient (Wildman–Crippen LogP) is 1.42. The number of β-amino-alcohol motifs (C(OH)–C–C–N with tert-alkyl or cyclic N) is 1. The topological polar surface area (TPSA) is 26.7 Å². The molecule has 1 heterocycles. The van der Waals surface area contributed by atoms with Crippen LogP contribution in [0.5, 0.6) is 0 Å². The lowest BCUT2D eigenvalue weighted by Gasteiger charge is -2.34. The Bertz CT molecular complexity index is 123. The van der Waals surface area contributed by atoms with Crippen molar-refractivity contribution in [3.63, 3.8) is 0 Å². The van der Waals surface area contributed by atoms with Crippen LogP contribution in [0.25, 0.3) is 0 Å². The minimum absolute atomic E-state index is 0.301.